The predicted molar refractivity (Wildman–Crippen MR) is 75.8 cm³/mol. The highest BCUT2D eigenvalue weighted by atomic mass is 16.5. The average Bonchev–Trinajstić information content (AvgIpc) is 3.00. The molecule has 1 aromatic carbocycles. The summed E-state index contributed by atoms with van der Waals surface area (Å²) in [5.41, 5.74) is 1.83. The number of nitrogens with one attached hydrogen (secondary N) is 1. The Morgan fingerprint density at radius 2 is 2.20 bits per heavy atom. The maximum absolute atomic E-state index is 8.81. The number of rotatable bonds is 8. The molecule has 0 bridgehead atoms. The van der Waals surface area contributed by atoms with Crippen LogP contribution in [-0.2, 0) is 17.9 Å². The van der Waals surface area contributed by atoms with E-state index in [4.69, 9.17) is 14.4 Å². The molecule has 0 saturated carbocycles. The Morgan fingerprint density at radius 1 is 1.25 bits per heavy atom. The molecule has 2 aromatic rings. The van der Waals surface area contributed by atoms with E-state index in [2.05, 4.69) is 11.4 Å². The first-order valence-corrected chi connectivity index (χ1v) is 6.68. The standard InChI is InChI=1S/C16H18N2O2/c17-11-14-4-1-5-15(10-14)12-18-7-3-8-19-13-16-6-2-9-20-16/h1-2,4-6,9-10,18H,3,7-8,12-13H2. The largest absolute Gasteiger partial charge is 0.467 e. The molecule has 0 aliphatic heterocycles. The van der Waals surface area contributed by atoms with Gasteiger partial charge in [0, 0.05) is 13.2 Å². The van der Waals surface area contributed by atoms with Crippen LogP contribution in [0.15, 0.2) is 47.1 Å². The Hall–Kier alpha value is -2.09. The third kappa shape index (κ3) is 4.88. The molecule has 0 fully saturated rings. The quantitative estimate of drug-likeness (QED) is 0.749. The minimum atomic E-state index is 0.525. The highest BCUT2D eigenvalue weighted by Gasteiger charge is 1.97. The summed E-state index contributed by atoms with van der Waals surface area (Å²) in [4.78, 5) is 0. The number of nitrogens with zero attached hydrogens (tertiary/aromatic N) is 1. The fraction of sp³-hybridized carbons (Fsp3) is 0.312. The summed E-state index contributed by atoms with van der Waals surface area (Å²) in [7, 11) is 0. The monoisotopic (exact) mass is 270 g/mol. The molecule has 20 heavy (non-hydrogen) atoms. The van der Waals surface area contributed by atoms with Gasteiger partial charge in [0.2, 0.25) is 0 Å². The predicted octanol–water partition coefficient (Wildman–Crippen LogP) is 2.85. The highest BCUT2D eigenvalue weighted by Crippen LogP contribution is 2.04. The molecule has 4 heteroatoms. The van der Waals surface area contributed by atoms with E-state index in [1.54, 1.807) is 6.26 Å². The average molecular weight is 270 g/mol. The van der Waals surface area contributed by atoms with Crippen molar-refractivity contribution in [3.05, 3.63) is 59.5 Å². The van der Waals surface area contributed by atoms with Crippen molar-refractivity contribution in [2.45, 2.75) is 19.6 Å². The van der Waals surface area contributed by atoms with Crippen LogP contribution in [0, 0.1) is 11.3 Å². The number of furan rings is 1. The van der Waals surface area contributed by atoms with Crippen LogP contribution in [0.25, 0.3) is 0 Å². The molecular formula is C16H18N2O2. The van der Waals surface area contributed by atoms with E-state index in [-0.39, 0.29) is 0 Å². The van der Waals surface area contributed by atoms with Gasteiger partial charge in [0.05, 0.1) is 17.9 Å². The maximum Gasteiger partial charge on any atom is 0.129 e. The lowest BCUT2D eigenvalue weighted by Gasteiger charge is -2.05. The van der Waals surface area contributed by atoms with Gasteiger partial charge in [-0.15, -0.1) is 0 Å². The Bertz CT molecular complexity index is 544. The summed E-state index contributed by atoms with van der Waals surface area (Å²) in [5, 5.41) is 12.1. The van der Waals surface area contributed by atoms with Gasteiger partial charge in [0.15, 0.2) is 0 Å². The normalized spacial score (nSPS) is 10.3. The molecule has 0 amide bonds. The van der Waals surface area contributed by atoms with Crippen molar-refractivity contribution in [1.82, 2.24) is 5.32 Å². The topological polar surface area (TPSA) is 58.2 Å². The van der Waals surface area contributed by atoms with Crippen LogP contribution in [-0.4, -0.2) is 13.2 Å². The second kappa shape index (κ2) is 8.16. The Labute approximate surface area is 119 Å². The van der Waals surface area contributed by atoms with Gasteiger partial charge in [0.25, 0.3) is 0 Å². The van der Waals surface area contributed by atoms with E-state index in [1.807, 2.05) is 36.4 Å². The van der Waals surface area contributed by atoms with Gasteiger partial charge < -0.3 is 14.5 Å². The van der Waals surface area contributed by atoms with Crippen LogP contribution in [0.5, 0.6) is 0 Å². The third-order valence-electron chi connectivity index (χ3n) is 2.85. The van der Waals surface area contributed by atoms with Gasteiger partial charge in [-0.3, -0.25) is 0 Å². The molecule has 2 rings (SSSR count). The minimum Gasteiger partial charge on any atom is -0.467 e. The first kappa shape index (κ1) is 14.3. The molecule has 1 N–H and O–H groups in total. The Kier molecular flexibility index (Phi) is 5.84. The molecule has 0 spiro atoms. The number of benzene rings is 1. The van der Waals surface area contributed by atoms with Crippen LogP contribution >= 0.6 is 0 Å². The lowest BCUT2D eigenvalue weighted by atomic mass is 10.1. The van der Waals surface area contributed by atoms with Gasteiger partial charge >= 0.3 is 0 Å². The molecule has 0 unspecified atom stereocenters. The zero-order valence-corrected chi connectivity index (χ0v) is 11.3. The zero-order valence-electron chi connectivity index (χ0n) is 11.3. The zero-order chi connectivity index (χ0) is 14.0. The minimum absolute atomic E-state index is 0.525. The van der Waals surface area contributed by atoms with Crippen molar-refractivity contribution in [3.8, 4) is 6.07 Å². The van der Waals surface area contributed by atoms with Gasteiger partial charge in [0.1, 0.15) is 12.4 Å². The Balaban J connectivity index is 1.54. The maximum atomic E-state index is 8.81. The Morgan fingerprint density at radius 3 is 3.00 bits per heavy atom. The van der Waals surface area contributed by atoms with Gasteiger partial charge in [-0.1, -0.05) is 12.1 Å². The summed E-state index contributed by atoms with van der Waals surface area (Å²) in [6.07, 6.45) is 2.59. The smallest absolute Gasteiger partial charge is 0.129 e. The number of hydrogen-bond acceptors (Lipinski definition) is 4. The number of hydrogen-bond donors (Lipinski definition) is 1. The van der Waals surface area contributed by atoms with E-state index in [0.717, 1.165) is 30.8 Å². The van der Waals surface area contributed by atoms with Gasteiger partial charge in [-0.25, -0.2) is 0 Å². The van der Waals surface area contributed by atoms with Crippen molar-refractivity contribution in [3.63, 3.8) is 0 Å². The molecule has 1 aromatic heterocycles. The van der Waals surface area contributed by atoms with Crippen LogP contribution in [0.1, 0.15) is 23.3 Å². The van der Waals surface area contributed by atoms with Crippen LogP contribution in [0.2, 0.25) is 0 Å². The fourth-order valence-corrected chi connectivity index (χ4v) is 1.85. The summed E-state index contributed by atoms with van der Waals surface area (Å²) in [6.45, 7) is 2.88. The molecule has 0 aliphatic carbocycles. The van der Waals surface area contributed by atoms with E-state index >= 15 is 0 Å². The second-order valence-electron chi connectivity index (χ2n) is 4.47. The fourth-order valence-electron chi connectivity index (χ4n) is 1.85. The lowest BCUT2D eigenvalue weighted by Crippen LogP contribution is -2.16. The van der Waals surface area contributed by atoms with Crippen molar-refractivity contribution >= 4 is 0 Å². The summed E-state index contributed by atoms with van der Waals surface area (Å²) >= 11 is 0. The van der Waals surface area contributed by atoms with E-state index in [1.165, 1.54) is 0 Å². The van der Waals surface area contributed by atoms with Crippen LogP contribution in [0.4, 0.5) is 0 Å². The lowest BCUT2D eigenvalue weighted by molar-refractivity contribution is 0.104. The molecule has 104 valence electrons. The van der Waals surface area contributed by atoms with Gasteiger partial charge in [-0.2, -0.15) is 5.26 Å². The van der Waals surface area contributed by atoms with E-state index in [9.17, 15) is 0 Å². The first-order chi connectivity index (χ1) is 9.88. The van der Waals surface area contributed by atoms with Gasteiger partial charge in [-0.05, 0) is 42.8 Å². The van der Waals surface area contributed by atoms with Crippen LogP contribution < -0.4 is 5.32 Å². The molecule has 0 atom stereocenters. The molecule has 0 saturated heterocycles. The van der Waals surface area contributed by atoms with E-state index < -0.39 is 0 Å². The van der Waals surface area contributed by atoms with Crippen molar-refractivity contribution in [2.75, 3.05) is 13.2 Å². The number of nitriles is 1. The van der Waals surface area contributed by atoms with E-state index in [0.29, 0.717) is 18.8 Å². The van der Waals surface area contributed by atoms with Crippen molar-refractivity contribution < 1.29 is 9.15 Å². The number of ether oxygens (including phenoxy) is 1. The first-order valence-electron chi connectivity index (χ1n) is 6.68. The molecule has 4 nitrogen and oxygen atoms in total. The molecule has 1 heterocycles. The molecular weight excluding hydrogens is 252 g/mol. The van der Waals surface area contributed by atoms with Crippen molar-refractivity contribution in [2.24, 2.45) is 0 Å². The summed E-state index contributed by atoms with van der Waals surface area (Å²) in [5.74, 6) is 0.853. The van der Waals surface area contributed by atoms with Crippen LogP contribution in [0.3, 0.4) is 0 Å². The molecule has 0 radical (unpaired) electrons. The SMILES string of the molecule is N#Cc1cccc(CNCCCOCc2ccco2)c1. The highest BCUT2D eigenvalue weighted by molar-refractivity contribution is 5.32. The second-order valence-corrected chi connectivity index (χ2v) is 4.47. The summed E-state index contributed by atoms with van der Waals surface area (Å²) < 4.78 is 10.7. The molecule has 0 aliphatic rings. The summed E-state index contributed by atoms with van der Waals surface area (Å²) in [6, 6.07) is 13.5. The third-order valence-corrected chi connectivity index (χ3v) is 2.85. The van der Waals surface area contributed by atoms with Crippen molar-refractivity contribution in [1.29, 1.82) is 5.26 Å².